The van der Waals surface area contributed by atoms with Gasteiger partial charge in [-0.3, -0.25) is 4.98 Å². The van der Waals surface area contributed by atoms with Crippen LogP contribution in [0.1, 0.15) is 45.2 Å². The number of aromatic nitrogens is 1. The van der Waals surface area contributed by atoms with E-state index in [0.29, 0.717) is 5.92 Å². The van der Waals surface area contributed by atoms with Crippen LogP contribution in [0.15, 0.2) is 22.9 Å². The van der Waals surface area contributed by atoms with Crippen molar-refractivity contribution in [2.75, 3.05) is 0 Å². The first-order chi connectivity index (χ1) is 8.85. The second kappa shape index (κ2) is 5.49. The van der Waals surface area contributed by atoms with Crippen molar-refractivity contribution < 1.29 is 9.53 Å². The molecule has 1 atom stereocenters. The molecule has 0 bridgehead atoms. The number of halogens is 1. The van der Waals surface area contributed by atoms with Crippen LogP contribution >= 0.6 is 15.9 Å². The molecular formula is C14H19BrN2O2. The van der Waals surface area contributed by atoms with Crippen LogP contribution in [-0.2, 0) is 4.74 Å². The van der Waals surface area contributed by atoms with Crippen molar-refractivity contribution in [3.63, 3.8) is 0 Å². The number of carbonyl (C=O) groups is 1. The van der Waals surface area contributed by atoms with Gasteiger partial charge < -0.3 is 10.1 Å². The highest BCUT2D eigenvalue weighted by Crippen LogP contribution is 2.41. The normalized spacial score (nSPS) is 16.8. The molecule has 1 heterocycles. The van der Waals surface area contributed by atoms with Crippen LogP contribution in [0.5, 0.6) is 0 Å². The van der Waals surface area contributed by atoms with Gasteiger partial charge in [0.15, 0.2) is 0 Å². The lowest BCUT2D eigenvalue weighted by molar-refractivity contribution is 0.0497. The molecule has 0 spiro atoms. The fourth-order valence-electron chi connectivity index (χ4n) is 1.94. The van der Waals surface area contributed by atoms with E-state index in [4.69, 9.17) is 4.74 Å². The number of rotatable bonds is 3. The molecule has 1 N–H and O–H groups in total. The Kier molecular flexibility index (Phi) is 4.13. The molecule has 2 rings (SSSR count). The number of nitrogens with one attached hydrogen (secondary N) is 1. The molecule has 1 aromatic rings. The van der Waals surface area contributed by atoms with Crippen molar-refractivity contribution in [3.8, 4) is 0 Å². The van der Waals surface area contributed by atoms with Crippen molar-refractivity contribution in [3.05, 3.63) is 28.5 Å². The minimum atomic E-state index is -0.478. The topological polar surface area (TPSA) is 51.2 Å². The van der Waals surface area contributed by atoms with Crippen LogP contribution in [0.3, 0.4) is 0 Å². The van der Waals surface area contributed by atoms with Gasteiger partial charge in [0.05, 0.1) is 6.04 Å². The van der Waals surface area contributed by atoms with Gasteiger partial charge in [-0.15, -0.1) is 0 Å². The van der Waals surface area contributed by atoms with Crippen molar-refractivity contribution in [1.82, 2.24) is 10.3 Å². The van der Waals surface area contributed by atoms with Crippen LogP contribution in [0, 0.1) is 5.92 Å². The molecule has 104 valence electrons. The van der Waals surface area contributed by atoms with E-state index in [0.717, 1.165) is 22.9 Å². The maximum atomic E-state index is 11.9. The number of nitrogens with zero attached hydrogens (tertiary/aromatic N) is 1. The number of hydrogen-bond donors (Lipinski definition) is 1. The number of carbonyl (C=O) groups excluding carboxylic acids is 1. The third-order valence-corrected chi connectivity index (χ3v) is 3.28. The van der Waals surface area contributed by atoms with Crippen molar-refractivity contribution >= 4 is 22.0 Å². The summed E-state index contributed by atoms with van der Waals surface area (Å²) in [6.45, 7) is 5.58. The maximum absolute atomic E-state index is 11.9. The molecule has 1 fully saturated rings. The van der Waals surface area contributed by atoms with E-state index in [-0.39, 0.29) is 12.1 Å². The van der Waals surface area contributed by atoms with E-state index in [9.17, 15) is 4.79 Å². The average Bonchev–Trinajstić information content (AvgIpc) is 3.07. The smallest absolute Gasteiger partial charge is 0.408 e. The molecule has 1 saturated carbocycles. The summed E-state index contributed by atoms with van der Waals surface area (Å²) < 4.78 is 6.23. The fraction of sp³-hybridized carbons (Fsp3) is 0.571. The first-order valence-corrected chi connectivity index (χ1v) is 7.24. The van der Waals surface area contributed by atoms with Crippen LogP contribution < -0.4 is 5.32 Å². The molecule has 19 heavy (non-hydrogen) atoms. The summed E-state index contributed by atoms with van der Waals surface area (Å²) in [4.78, 5) is 16.1. The third-order valence-electron chi connectivity index (χ3n) is 2.85. The Morgan fingerprint density at radius 2 is 2.16 bits per heavy atom. The summed E-state index contributed by atoms with van der Waals surface area (Å²) in [5.41, 5.74) is 0.538. The molecule has 0 saturated heterocycles. The number of hydrogen-bond acceptors (Lipinski definition) is 3. The zero-order valence-electron chi connectivity index (χ0n) is 11.4. The molecular weight excluding hydrogens is 308 g/mol. The van der Waals surface area contributed by atoms with Crippen LogP contribution in [-0.4, -0.2) is 16.7 Å². The first kappa shape index (κ1) is 14.3. The minimum Gasteiger partial charge on any atom is -0.444 e. The molecule has 1 aromatic heterocycles. The molecule has 1 unspecified atom stereocenters. The predicted octanol–water partition coefficient (Wildman–Crippen LogP) is 3.82. The fourth-order valence-corrected chi connectivity index (χ4v) is 2.32. The number of amides is 1. The van der Waals surface area contributed by atoms with E-state index >= 15 is 0 Å². The highest BCUT2D eigenvalue weighted by molar-refractivity contribution is 9.10. The summed E-state index contributed by atoms with van der Waals surface area (Å²) >= 11 is 3.41. The summed E-state index contributed by atoms with van der Waals surface area (Å²) in [6, 6.07) is 1.98. The highest BCUT2D eigenvalue weighted by Gasteiger charge is 2.34. The number of ether oxygens (including phenoxy) is 1. The Labute approximate surface area is 122 Å². The third kappa shape index (κ3) is 4.49. The lowest BCUT2D eigenvalue weighted by Crippen LogP contribution is -2.35. The Bertz CT molecular complexity index is 467. The predicted molar refractivity (Wildman–Crippen MR) is 76.8 cm³/mol. The van der Waals surface area contributed by atoms with Gasteiger partial charge in [0.25, 0.3) is 0 Å². The summed E-state index contributed by atoms with van der Waals surface area (Å²) in [6.07, 6.45) is 5.43. The highest BCUT2D eigenvalue weighted by atomic mass is 79.9. The van der Waals surface area contributed by atoms with E-state index in [2.05, 4.69) is 26.2 Å². The van der Waals surface area contributed by atoms with Gasteiger partial charge in [-0.2, -0.15) is 0 Å². The van der Waals surface area contributed by atoms with Gasteiger partial charge in [-0.05, 0) is 67.1 Å². The second-order valence-corrected chi connectivity index (χ2v) is 6.81. The quantitative estimate of drug-likeness (QED) is 0.918. The molecule has 5 heteroatoms. The van der Waals surface area contributed by atoms with E-state index in [1.807, 2.05) is 26.8 Å². The SMILES string of the molecule is CC(C)(C)OC(=O)NC(c1cncc(Br)c1)C1CC1. The van der Waals surface area contributed by atoms with E-state index in [1.54, 1.807) is 12.4 Å². The lowest BCUT2D eigenvalue weighted by Gasteiger charge is -2.23. The molecule has 0 aromatic carbocycles. The van der Waals surface area contributed by atoms with Crippen molar-refractivity contribution in [2.24, 2.45) is 5.92 Å². The molecule has 1 amide bonds. The van der Waals surface area contributed by atoms with Gasteiger partial charge in [-0.25, -0.2) is 4.79 Å². The monoisotopic (exact) mass is 326 g/mol. The maximum Gasteiger partial charge on any atom is 0.408 e. The van der Waals surface area contributed by atoms with Gasteiger partial charge in [-0.1, -0.05) is 0 Å². The molecule has 1 aliphatic rings. The molecule has 4 nitrogen and oxygen atoms in total. The Hall–Kier alpha value is -1.10. The zero-order chi connectivity index (χ0) is 14.0. The van der Waals surface area contributed by atoms with Gasteiger partial charge >= 0.3 is 6.09 Å². The summed E-state index contributed by atoms with van der Waals surface area (Å²) in [5, 5.41) is 2.96. The Morgan fingerprint density at radius 3 is 2.68 bits per heavy atom. The molecule has 0 radical (unpaired) electrons. The van der Waals surface area contributed by atoms with E-state index < -0.39 is 5.60 Å². The lowest BCUT2D eigenvalue weighted by atomic mass is 10.1. The first-order valence-electron chi connectivity index (χ1n) is 6.45. The van der Waals surface area contributed by atoms with Crippen LogP contribution in [0.2, 0.25) is 0 Å². The number of alkyl carbamates (subject to hydrolysis) is 1. The van der Waals surface area contributed by atoms with E-state index in [1.165, 1.54) is 0 Å². The largest absolute Gasteiger partial charge is 0.444 e. The standard InChI is InChI=1S/C14H19BrN2O2/c1-14(2,3)19-13(18)17-12(9-4-5-9)10-6-11(15)8-16-7-10/h6-9,12H,4-5H2,1-3H3,(H,17,18). The van der Waals surface area contributed by atoms with Crippen LogP contribution in [0.25, 0.3) is 0 Å². The summed E-state index contributed by atoms with van der Waals surface area (Å²) in [7, 11) is 0. The molecule has 1 aliphatic carbocycles. The van der Waals surface area contributed by atoms with Gasteiger partial charge in [0, 0.05) is 16.9 Å². The Morgan fingerprint density at radius 1 is 1.47 bits per heavy atom. The molecule has 0 aliphatic heterocycles. The summed E-state index contributed by atoms with van der Waals surface area (Å²) in [5.74, 6) is 0.489. The average molecular weight is 327 g/mol. The van der Waals surface area contributed by atoms with Crippen LogP contribution in [0.4, 0.5) is 4.79 Å². The Balaban J connectivity index is 2.07. The van der Waals surface area contributed by atoms with Crippen molar-refractivity contribution in [2.45, 2.75) is 45.3 Å². The zero-order valence-corrected chi connectivity index (χ0v) is 13.0. The van der Waals surface area contributed by atoms with Crippen molar-refractivity contribution in [1.29, 1.82) is 0 Å². The van der Waals surface area contributed by atoms with Gasteiger partial charge in [0.2, 0.25) is 0 Å². The second-order valence-electron chi connectivity index (χ2n) is 5.90. The van der Waals surface area contributed by atoms with Gasteiger partial charge in [0.1, 0.15) is 5.60 Å². The number of pyridine rings is 1. The minimum absolute atomic E-state index is 0.0140.